The van der Waals surface area contributed by atoms with Crippen LogP contribution in [0.15, 0.2) is 86.0 Å². The first kappa shape index (κ1) is 37.4. The summed E-state index contributed by atoms with van der Waals surface area (Å²) in [7, 11) is -2.71. The van der Waals surface area contributed by atoms with E-state index in [1.54, 1.807) is 68.7 Å². The Morgan fingerprint density at radius 1 is 1.12 bits per heavy atom. The zero-order valence-electron chi connectivity index (χ0n) is 28.9. The standard InChI is InChI=1S/C39H48ClN3O6S/c1-5-9-27(3)43(24-28-11-17-34(48-4)18-12-28)50(46,47)41-39(45)30-15-20-38-36(23-30)42(25-31-14-19-35(31)37(44)6-2)21-8-7-10-29-22-33(40)16-13-32(29)26-49-38/h5-6,11-13,15-18,20,22-23,27,31,35,37,44H,1-2,7-10,14,19,21,24-26H2,3-4H3,(H,41,45)/t27-,31-,35+,37-/m0/s1. The summed E-state index contributed by atoms with van der Waals surface area (Å²) in [4.78, 5) is 16.0. The van der Waals surface area contributed by atoms with Gasteiger partial charge >= 0.3 is 10.2 Å². The van der Waals surface area contributed by atoms with E-state index in [9.17, 15) is 18.3 Å². The first-order valence-corrected chi connectivity index (χ1v) is 19.0. The van der Waals surface area contributed by atoms with E-state index < -0.39 is 28.3 Å². The Morgan fingerprint density at radius 2 is 1.90 bits per heavy atom. The second-order valence-corrected chi connectivity index (χ2v) is 15.3. The Kier molecular flexibility index (Phi) is 12.7. The third kappa shape index (κ3) is 9.09. The highest BCUT2D eigenvalue weighted by atomic mass is 35.5. The van der Waals surface area contributed by atoms with Gasteiger partial charge in [-0.25, -0.2) is 4.72 Å². The van der Waals surface area contributed by atoms with Crippen LogP contribution in [0.2, 0.25) is 5.02 Å². The van der Waals surface area contributed by atoms with Gasteiger partial charge < -0.3 is 19.5 Å². The fourth-order valence-corrected chi connectivity index (χ4v) is 8.33. The highest BCUT2D eigenvalue weighted by molar-refractivity contribution is 7.87. The number of amides is 1. The first-order valence-electron chi connectivity index (χ1n) is 17.2. The summed E-state index contributed by atoms with van der Waals surface area (Å²) in [6.07, 6.45) is 7.61. The Morgan fingerprint density at radius 3 is 2.58 bits per heavy atom. The molecule has 0 spiro atoms. The van der Waals surface area contributed by atoms with Gasteiger partial charge in [0.1, 0.15) is 18.1 Å². The number of hydrogen-bond donors (Lipinski definition) is 2. The molecule has 1 amide bonds. The molecule has 0 bridgehead atoms. The number of carbonyl (C=O) groups excluding carboxylic acids is 1. The maximum absolute atomic E-state index is 13.9. The largest absolute Gasteiger partial charge is 0.497 e. The van der Waals surface area contributed by atoms with Crippen molar-refractivity contribution in [3.63, 3.8) is 0 Å². The number of fused-ring (bicyclic) bond motifs is 2. The number of aliphatic hydroxyl groups excluding tert-OH is 1. The van der Waals surface area contributed by atoms with Crippen LogP contribution in [0.3, 0.4) is 0 Å². The molecule has 1 heterocycles. The van der Waals surface area contributed by atoms with Crippen LogP contribution in [0.4, 0.5) is 5.69 Å². The molecular formula is C39H48ClN3O6S. The second kappa shape index (κ2) is 16.9. The Balaban J connectivity index is 1.44. The lowest BCUT2D eigenvalue weighted by Gasteiger charge is -2.42. The van der Waals surface area contributed by atoms with Gasteiger partial charge in [-0.2, -0.15) is 12.7 Å². The van der Waals surface area contributed by atoms with Crippen molar-refractivity contribution in [1.82, 2.24) is 9.03 Å². The van der Waals surface area contributed by atoms with Crippen LogP contribution in [0.1, 0.15) is 66.1 Å². The van der Waals surface area contributed by atoms with Crippen LogP contribution < -0.4 is 19.1 Å². The summed E-state index contributed by atoms with van der Waals surface area (Å²) in [6.45, 7) is 11.1. The average Bonchev–Trinajstić information content (AvgIpc) is 3.12. The van der Waals surface area contributed by atoms with Crippen molar-refractivity contribution in [2.24, 2.45) is 11.8 Å². The molecule has 4 atom stereocenters. The monoisotopic (exact) mass is 721 g/mol. The Labute approximate surface area is 301 Å². The van der Waals surface area contributed by atoms with Gasteiger partial charge in [0.05, 0.1) is 18.9 Å². The van der Waals surface area contributed by atoms with Crippen LogP contribution in [0, 0.1) is 11.8 Å². The minimum absolute atomic E-state index is 0.0548. The van der Waals surface area contributed by atoms with Gasteiger partial charge in [0.25, 0.3) is 5.91 Å². The molecule has 0 unspecified atom stereocenters. The molecule has 0 aromatic heterocycles. The molecule has 3 aromatic rings. The molecule has 0 radical (unpaired) electrons. The van der Waals surface area contributed by atoms with Gasteiger partial charge in [-0.3, -0.25) is 4.79 Å². The topological polar surface area (TPSA) is 108 Å². The van der Waals surface area contributed by atoms with Crippen molar-refractivity contribution < 1.29 is 27.8 Å². The molecule has 2 aliphatic rings. The van der Waals surface area contributed by atoms with Crippen molar-refractivity contribution in [1.29, 1.82) is 0 Å². The van der Waals surface area contributed by atoms with Gasteiger partial charge in [-0.1, -0.05) is 42.0 Å². The third-order valence-electron chi connectivity index (χ3n) is 9.88. The summed E-state index contributed by atoms with van der Waals surface area (Å²) in [5.41, 5.74) is 3.84. The molecule has 11 heteroatoms. The van der Waals surface area contributed by atoms with Crippen molar-refractivity contribution in [2.75, 3.05) is 25.1 Å². The van der Waals surface area contributed by atoms with Gasteiger partial charge in [0, 0.05) is 36.3 Å². The zero-order chi connectivity index (χ0) is 35.8. The molecule has 1 aliphatic heterocycles. The summed E-state index contributed by atoms with van der Waals surface area (Å²) < 4.78 is 43.0. The Hall–Kier alpha value is -3.83. The van der Waals surface area contributed by atoms with Gasteiger partial charge in [-0.05, 0) is 116 Å². The van der Waals surface area contributed by atoms with Gasteiger partial charge in [-0.15, -0.1) is 13.2 Å². The molecular weight excluding hydrogens is 674 g/mol. The zero-order valence-corrected chi connectivity index (χ0v) is 30.5. The quantitative estimate of drug-likeness (QED) is 0.182. The molecule has 3 aromatic carbocycles. The molecule has 9 nitrogen and oxygen atoms in total. The van der Waals surface area contributed by atoms with E-state index in [1.165, 1.54) is 4.31 Å². The third-order valence-corrected chi connectivity index (χ3v) is 11.7. The minimum atomic E-state index is -4.28. The second-order valence-electron chi connectivity index (χ2n) is 13.2. The summed E-state index contributed by atoms with van der Waals surface area (Å²) in [5.74, 6) is 0.845. The number of carbonyl (C=O) groups is 1. The lowest BCUT2D eigenvalue weighted by Crippen LogP contribution is -2.47. The number of nitrogens with zero attached hydrogens (tertiary/aromatic N) is 2. The van der Waals surface area contributed by atoms with Crippen LogP contribution >= 0.6 is 11.6 Å². The van der Waals surface area contributed by atoms with Gasteiger partial charge in [0.2, 0.25) is 0 Å². The molecule has 2 N–H and O–H groups in total. The van der Waals surface area contributed by atoms with E-state index in [-0.39, 0.29) is 23.9 Å². The first-order chi connectivity index (χ1) is 24.0. The fourth-order valence-electron chi connectivity index (χ4n) is 6.79. The minimum Gasteiger partial charge on any atom is -0.497 e. The van der Waals surface area contributed by atoms with Crippen LogP contribution in [-0.2, 0) is 29.8 Å². The summed E-state index contributed by atoms with van der Waals surface area (Å²) in [5, 5.41) is 11.3. The number of ether oxygens (including phenoxy) is 2. The van der Waals surface area contributed by atoms with Crippen LogP contribution in [0.25, 0.3) is 0 Å². The number of anilines is 1. The molecule has 0 saturated heterocycles. The van der Waals surface area contributed by atoms with Crippen molar-refractivity contribution in [3.05, 3.63) is 113 Å². The van der Waals surface area contributed by atoms with E-state index in [2.05, 4.69) is 22.8 Å². The number of methoxy groups -OCH3 is 1. The van der Waals surface area contributed by atoms with Crippen LogP contribution in [0.5, 0.6) is 11.5 Å². The summed E-state index contributed by atoms with van der Waals surface area (Å²) in [6, 6.07) is 17.6. The number of halogens is 1. The molecule has 1 aliphatic carbocycles. The van der Waals surface area contributed by atoms with E-state index >= 15 is 0 Å². The van der Waals surface area contributed by atoms with Crippen molar-refractivity contribution in [3.8, 4) is 11.5 Å². The van der Waals surface area contributed by atoms with Crippen molar-refractivity contribution in [2.45, 2.75) is 70.7 Å². The number of hydrogen-bond acceptors (Lipinski definition) is 7. The summed E-state index contributed by atoms with van der Waals surface area (Å²) >= 11 is 6.34. The Bertz CT molecular complexity index is 1770. The van der Waals surface area contributed by atoms with E-state index in [0.29, 0.717) is 48.3 Å². The number of aryl methyl sites for hydroxylation is 1. The highest BCUT2D eigenvalue weighted by Crippen LogP contribution is 2.40. The van der Waals surface area contributed by atoms with E-state index in [1.807, 2.05) is 18.2 Å². The molecule has 1 saturated carbocycles. The van der Waals surface area contributed by atoms with Crippen molar-refractivity contribution >= 4 is 33.4 Å². The predicted molar refractivity (Wildman–Crippen MR) is 199 cm³/mol. The molecule has 50 heavy (non-hydrogen) atoms. The normalized spacial score (nSPS) is 19.0. The number of aliphatic hydroxyl groups is 1. The van der Waals surface area contributed by atoms with Gasteiger partial charge in [0.15, 0.2) is 0 Å². The van der Waals surface area contributed by atoms with E-state index in [4.69, 9.17) is 21.1 Å². The number of nitrogens with one attached hydrogen (secondary N) is 1. The van der Waals surface area contributed by atoms with Crippen LogP contribution in [-0.4, -0.2) is 56.1 Å². The predicted octanol–water partition coefficient (Wildman–Crippen LogP) is 7.08. The lowest BCUT2D eigenvalue weighted by atomic mass is 9.70. The maximum Gasteiger partial charge on any atom is 0.304 e. The molecule has 5 rings (SSSR count). The lowest BCUT2D eigenvalue weighted by molar-refractivity contribution is 0.0465. The maximum atomic E-state index is 13.9. The smallest absolute Gasteiger partial charge is 0.304 e. The average molecular weight is 722 g/mol. The van der Waals surface area contributed by atoms with E-state index in [0.717, 1.165) is 48.8 Å². The highest BCUT2D eigenvalue weighted by Gasteiger charge is 2.37. The fraction of sp³-hybridized carbons (Fsp3) is 0.410. The number of benzene rings is 3. The molecule has 268 valence electrons. The SMILES string of the molecule is C=CC[C@H](C)N(Cc1ccc(OC)cc1)S(=O)(=O)NC(=O)c1ccc2c(c1)N(C[C@@H]1CC[C@H]1[C@@H](O)C=C)CCCCc1cc(Cl)ccc1CO2. The number of rotatable bonds is 13. The molecule has 1 fully saturated rings.